The lowest BCUT2D eigenvalue weighted by Gasteiger charge is -1.98. The summed E-state index contributed by atoms with van der Waals surface area (Å²) in [5.41, 5.74) is 1.77. The molecule has 0 fully saturated rings. The van der Waals surface area contributed by atoms with E-state index in [1.165, 1.54) is 6.07 Å². The van der Waals surface area contributed by atoms with E-state index in [1.54, 1.807) is 25.1 Å². The quantitative estimate of drug-likeness (QED) is 0.821. The van der Waals surface area contributed by atoms with Crippen molar-refractivity contribution in [1.29, 1.82) is 0 Å². The van der Waals surface area contributed by atoms with Crippen molar-refractivity contribution in [2.45, 2.75) is 13.5 Å². The smallest absolute Gasteiger partial charge is 0.167 e. The molecule has 0 amide bonds. The minimum atomic E-state index is -0.249. The third kappa shape index (κ3) is 1.89. The van der Waals surface area contributed by atoms with Crippen LogP contribution in [0, 0.1) is 12.7 Å². The van der Waals surface area contributed by atoms with E-state index in [0.717, 1.165) is 5.56 Å². The van der Waals surface area contributed by atoms with E-state index in [2.05, 4.69) is 5.16 Å². The SMILES string of the molecule is Cc1cc(-c2cc(CO)no2)ccc1F. The Morgan fingerprint density at radius 2 is 2.20 bits per heavy atom. The monoisotopic (exact) mass is 207 g/mol. The van der Waals surface area contributed by atoms with Crippen molar-refractivity contribution in [2.24, 2.45) is 0 Å². The Labute approximate surface area is 86.1 Å². The predicted molar refractivity (Wildman–Crippen MR) is 52.6 cm³/mol. The first-order valence-corrected chi connectivity index (χ1v) is 4.53. The fraction of sp³-hybridized carbons (Fsp3) is 0.182. The number of aliphatic hydroxyl groups excluding tert-OH is 1. The van der Waals surface area contributed by atoms with E-state index < -0.39 is 0 Å². The normalized spacial score (nSPS) is 10.6. The molecule has 1 heterocycles. The second kappa shape index (κ2) is 3.82. The molecule has 4 heteroatoms. The first kappa shape index (κ1) is 9.86. The van der Waals surface area contributed by atoms with Gasteiger partial charge < -0.3 is 9.63 Å². The third-order valence-corrected chi connectivity index (χ3v) is 2.16. The van der Waals surface area contributed by atoms with Gasteiger partial charge in [-0.05, 0) is 30.7 Å². The molecule has 1 N–H and O–H groups in total. The van der Waals surface area contributed by atoms with Gasteiger partial charge in [-0.15, -0.1) is 0 Å². The Balaban J connectivity index is 2.40. The fourth-order valence-electron chi connectivity index (χ4n) is 1.32. The first-order valence-electron chi connectivity index (χ1n) is 4.53. The highest BCUT2D eigenvalue weighted by molar-refractivity contribution is 5.58. The highest BCUT2D eigenvalue weighted by Crippen LogP contribution is 2.22. The molecule has 2 aromatic rings. The highest BCUT2D eigenvalue weighted by Gasteiger charge is 2.07. The average Bonchev–Trinajstić information content (AvgIpc) is 2.70. The maximum absolute atomic E-state index is 13.0. The summed E-state index contributed by atoms with van der Waals surface area (Å²) in [7, 11) is 0. The Morgan fingerprint density at radius 1 is 1.40 bits per heavy atom. The van der Waals surface area contributed by atoms with Gasteiger partial charge in [0.05, 0.1) is 6.61 Å². The molecule has 0 spiro atoms. The number of rotatable bonds is 2. The maximum atomic E-state index is 13.0. The summed E-state index contributed by atoms with van der Waals surface area (Å²) in [6, 6.07) is 6.31. The zero-order chi connectivity index (χ0) is 10.8. The van der Waals surface area contributed by atoms with Crippen LogP contribution in [-0.4, -0.2) is 10.3 Å². The second-order valence-corrected chi connectivity index (χ2v) is 3.30. The van der Waals surface area contributed by atoms with Crippen molar-refractivity contribution in [3.05, 3.63) is 41.3 Å². The zero-order valence-electron chi connectivity index (χ0n) is 8.20. The Bertz CT molecular complexity index is 479. The average molecular weight is 207 g/mol. The highest BCUT2D eigenvalue weighted by atomic mass is 19.1. The minimum absolute atomic E-state index is 0.163. The van der Waals surface area contributed by atoms with Crippen LogP contribution in [0.4, 0.5) is 4.39 Å². The molecule has 0 aliphatic rings. The summed E-state index contributed by atoms with van der Waals surface area (Å²) in [5, 5.41) is 12.5. The van der Waals surface area contributed by atoms with Gasteiger partial charge >= 0.3 is 0 Å². The number of halogens is 1. The molecule has 1 aromatic heterocycles. The van der Waals surface area contributed by atoms with Crippen LogP contribution < -0.4 is 0 Å². The van der Waals surface area contributed by atoms with E-state index in [9.17, 15) is 4.39 Å². The summed E-state index contributed by atoms with van der Waals surface area (Å²) >= 11 is 0. The molecule has 0 saturated heterocycles. The van der Waals surface area contributed by atoms with Crippen LogP contribution in [0.5, 0.6) is 0 Å². The zero-order valence-corrected chi connectivity index (χ0v) is 8.20. The largest absolute Gasteiger partial charge is 0.390 e. The minimum Gasteiger partial charge on any atom is -0.390 e. The number of hydrogen-bond acceptors (Lipinski definition) is 3. The molecule has 78 valence electrons. The van der Waals surface area contributed by atoms with Crippen molar-refractivity contribution < 1.29 is 14.0 Å². The lowest BCUT2D eigenvalue weighted by Crippen LogP contribution is -1.82. The van der Waals surface area contributed by atoms with Crippen molar-refractivity contribution in [3.63, 3.8) is 0 Å². The molecule has 0 saturated carbocycles. The molecule has 0 atom stereocenters. The van der Waals surface area contributed by atoms with Crippen LogP contribution in [0.25, 0.3) is 11.3 Å². The molecule has 15 heavy (non-hydrogen) atoms. The number of aliphatic hydroxyl groups is 1. The molecule has 1 aromatic carbocycles. The van der Waals surface area contributed by atoms with Gasteiger partial charge in [0.1, 0.15) is 11.5 Å². The number of nitrogens with zero attached hydrogens (tertiary/aromatic N) is 1. The van der Waals surface area contributed by atoms with Gasteiger partial charge in [0.15, 0.2) is 5.76 Å². The van der Waals surface area contributed by atoms with Crippen LogP contribution in [0.15, 0.2) is 28.8 Å². The molecular weight excluding hydrogens is 197 g/mol. The summed E-state index contributed by atoms with van der Waals surface area (Å²) in [6.45, 7) is 1.52. The van der Waals surface area contributed by atoms with Gasteiger partial charge in [0.25, 0.3) is 0 Å². The Morgan fingerprint density at radius 3 is 2.80 bits per heavy atom. The molecule has 3 nitrogen and oxygen atoms in total. The second-order valence-electron chi connectivity index (χ2n) is 3.30. The fourth-order valence-corrected chi connectivity index (χ4v) is 1.32. The molecule has 0 aliphatic heterocycles. The molecule has 2 rings (SSSR count). The topological polar surface area (TPSA) is 46.3 Å². The van der Waals surface area contributed by atoms with Gasteiger partial charge in [-0.25, -0.2) is 4.39 Å². The van der Waals surface area contributed by atoms with E-state index in [1.807, 2.05) is 0 Å². The Kier molecular flexibility index (Phi) is 2.51. The third-order valence-electron chi connectivity index (χ3n) is 2.16. The van der Waals surface area contributed by atoms with E-state index >= 15 is 0 Å². The molecule has 0 radical (unpaired) electrons. The summed E-state index contributed by atoms with van der Waals surface area (Å²) in [6.07, 6.45) is 0. The molecule has 0 aliphatic carbocycles. The predicted octanol–water partition coefficient (Wildman–Crippen LogP) is 2.28. The maximum Gasteiger partial charge on any atom is 0.167 e. The lowest BCUT2D eigenvalue weighted by molar-refractivity contribution is 0.267. The molecular formula is C11H10FNO2. The lowest BCUT2D eigenvalue weighted by atomic mass is 10.1. The van der Waals surface area contributed by atoms with Crippen LogP contribution in [-0.2, 0) is 6.61 Å². The van der Waals surface area contributed by atoms with Crippen molar-refractivity contribution in [1.82, 2.24) is 5.16 Å². The summed E-state index contributed by atoms with van der Waals surface area (Å²) in [5.74, 6) is 0.280. The van der Waals surface area contributed by atoms with Crippen LogP contribution in [0.2, 0.25) is 0 Å². The van der Waals surface area contributed by atoms with Crippen molar-refractivity contribution >= 4 is 0 Å². The summed E-state index contributed by atoms with van der Waals surface area (Å²) < 4.78 is 18.0. The number of aryl methyl sites for hydroxylation is 1. The van der Waals surface area contributed by atoms with Crippen LogP contribution in [0.1, 0.15) is 11.3 Å². The van der Waals surface area contributed by atoms with Crippen LogP contribution in [0.3, 0.4) is 0 Å². The van der Waals surface area contributed by atoms with Crippen LogP contribution >= 0.6 is 0 Å². The van der Waals surface area contributed by atoms with Gasteiger partial charge in [0.2, 0.25) is 0 Å². The first-order chi connectivity index (χ1) is 7.20. The van der Waals surface area contributed by atoms with Gasteiger partial charge in [0, 0.05) is 11.6 Å². The molecule has 0 unspecified atom stereocenters. The standard InChI is InChI=1S/C11H10FNO2/c1-7-4-8(2-3-10(7)12)11-5-9(6-14)13-15-11/h2-5,14H,6H2,1H3. The molecule has 0 bridgehead atoms. The van der Waals surface area contributed by atoms with E-state index in [4.69, 9.17) is 9.63 Å². The van der Waals surface area contributed by atoms with Crippen molar-refractivity contribution in [2.75, 3.05) is 0 Å². The van der Waals surface area contributed by atoms with E-state index in [-0.39, 0.29) is 12.4 Å². The van der Waals surface area contributed by atoms with Gasteiger partial charge in [-0.2, -0.15) is 0 Å². The van der Waals surface area contributed by atoms with Gasteiger partial charge in [-0.1, -0.05) is 5.16 Å². The van der Waals surface area contributed by atoms with Gasteiger partial charge in [-0.3, -0.25) is 0 Å². The Hall–Kier alpha value is -1.68. The van der Waals surface area contributed by atoms with E-state index in [0.29, 0.717) is 17.0 Å². The summed E-state index contributed by atoms with van der Waals surface area (Å²) in [4.78, 5) is 0. The number of hydrogen-bond donors (Lipinski definition) is 1. The number of benzene rings is 1. The number of aromatic nitrogens is 1. The van der Waals surface area contributed by atoms with Crippen molar-refractivity contribution in [3.8, 4) is 11.3 Å².